The Morgan fingerprint density at radius 2 is 1.78 bits per heavy atom. The average molecular weight is 391 g/mol. The van der Waals surface area contributed by atoms with E-state index in [0.717, 1.165) is 18.4 Å². The van der Waals surface area contributed by atoms with Crippen LogP contribution in [0.15, 0.2) is 55.6 Å². The lowest BCUT2D eigenvalue weighted by Crippen LogP contribution is -2.45. The van der Waals surface area contributed by atoms with Gasteiger partial charge in [0.15, 0.2) is 8.32 Å². The Kier molecular flexibility index (Phi) is 9.67. The van der Waals surface area contributed by atoms with Gasteiger partial charge in [-0.1, -0.05) is 63.3 Å². The predicted molar refractivity (Wildman–Crippen MR) is 117 cm³/mol. The number of aliphatic hydroxyl groups is 1. The maximum Gasteiger partial charge on any atom is 0.192 e. The Morgan fingerprint density at radius 3 is 2.30 bits per heavy atom. The van der Waals surface area contributed by atoms with Crippen molar-refractivity contribution in [1.29, 1.82) is 0 Å². The lowest BCUT2D eigenvalue weighted by molar-refractivity contribution is -0.0604. The van der Waals surface area contributed by atoms with Gasteiger partial charge in [0.05, 0.1) is 24.9 Å². The molecule has 0 saturated heterocycles. The van der Waals surface area contributed by atoms with Crippen LogP contribution in [0, 0.1) is 0 Å². The largest absolute Gasteiger partial charge is 0.410 e. The second-order valence-electron chi connectivity index (χ2n) is 8.66. The number of hydrogen-bond donors (Lipinski definition) is 1. The van der Waals surface area contributed by atoms with Gasteiger partial charge in [0.1, 0.15) is 0 Å². The fraction of sp³-hybridized carbons (Fsp3) is 0.565. The molecule has 3 atom stereocenters. The molecule has 1 aromatic carbocycles. The SMILES string of the molecule is C=CCC[C@@H](OCc1ccccc1)[C@H](O)C[C@H](C=C)O[Si](C)(C)C(C)(C)C. The van der Waals surface area contributed by atoms with Gasteiger partial charge in [-0.2, -0.15) is 0 Å². The standard InChI is InChI=1S/C23H38O3Si/c1-8-10-16-22(25-18-19-14-12-11-13-15-19)21(24)17-20(9-2)26-27(6,7)23(3,4)5/h8-9,11-15,20-22,24H,1-2,10,16-18H2,3-7H3/t20-,21+,22+/m0/s1. The van der Waals surface area contributed by atoms with E-state index in [9.17, 15) is 5.11 Å². The summed E-state index contributed by atoms with van der Waals surface area (Å²) in [5.41, 5.74) is 1.10. The average Bonchev–Trinajstić information content (AvgIpc) is 2.60. The summed E-state index contributed by atoms with van der Waals surface area (Å²) in [4.78, 5) is 0. The first-order valence-electron chi connectivity index (χ1n) is 9.85. The van der Waals surface area contributed by atoms with E-state index >= 15 is 0 Å². The molecule has 0 heterocycles. The molecule has 4 heteroatoms. The topological polar surface area (TPSA) is 38.7 Å². The maximum absolute atomic E-state index is 10.8. The summed E-state index contributed by atoms with van der Waals surface area (Å²) in [7, 11) is -1.93. The second kappa shape index (κ2) is 11.0. The molecule has 0 spiro atoms. The molecule has 152 valence electrons. The van der Waals surface area contributed by atoms with Crippen LogP contribution < -0.4 is 0 Å². The maximum atomic E-state index is 10.8. The summed E-state index contributed by atoms with van der Waals surface area (Å²) < 4.78 is 12.5. The summed E-state index contributed by atoms with van der Waals surface area (Å²) in [6.45, 7) is 19.3. The summed E-state index contributed by atoms with van der Waals surface area (Å²) in [6.07, 6.45) is 4.67. The molecule has 0 amide bonds. The van der Waals surface area contributed by atoms with Crippen LogP contribution in [-0.4, -0.2) is 31.7 Å². The van der Waals surface area contributed by atoms with Crippen molar-refractivity contribution in [2.24, 2.45) is 0 Å². The molecule has 0 aliphatic carbocycles. The van der Waals surface area contributed by atoms with Gasteiger partial charge in [0, 0.05) is 6.42 Å². The van der Waals surface area contributed by atoms with Gasteiger partial charge >= 0.3 is 0 Å². The number of ether oxygens (including phenoxy) is 1. The number of hydrogen-bond acceptors (Lipinski definition) is 3. The molecule has 0 aliphatic rings. The van der Waals surface area contributed by atoms with Crippen LogP contribution in [0.25, 0.3) is 0 Å². The fourth-order valence-corrected chi connectivity index (χ4v) is 3.89. The zero-order valence-electron chi connectivity index (χ0n) is 17.8. The van der Waals surface area contributed by atoms with E-state index in [1.54, 1.807) is 0 Å². The summed E-state index contributed by atoms with van der Waals surface area (Å²) in [6, 6.07) is 10.0. The zero-order valence-corrected chi connectivity index (χ0v) is 18.8. The van der Waals surface area contributed by atoms with Crippen LogP contribution in [0.4, 0.5) is 0 Å². The van der Waals surface area contributed by atoms with Crippen molar-refractivity contribution in [2.75, 3.05) is 0 Å². The number of rotatable bonds is 12. The molecule has 0 unspecified atom stereocenters. The van der Waals surface area contributed by atoms with Crippen LogP contribution >= 0.6 is 0 Å². The van der Waals surface area contributed by atoms with Crippen molar-refractivity contribution in [1.82, 2.24) is 0 Å². The Morgan fingerprint density at radius 1 is 1.15 bits per heavy atom. The first-order chi connectivity index (χ1) is 12.6. The normalized spacial score (nSPS) is 15.8. The third-order valence-corrected chi connectivity index (χ3v) is 9.88. The van der Waals surface area contributed by atoms with Gasteiger partial charge in [-0.25, -0.2) is 0 Å². The Balaban J connectivity index is 2.73. The van der Waals surface area contributed by atoms with E-state index in [1.807, 2.05) is 42.5 Å². The lowest BCUT2D eigenvalue weighted by Gasteiger charge is -2.39. The van der Waals surface area contributed by atoms with E-state index in [2.05, 4.69) is 47.0 Å². The van der Waals surface area contributed by atoms with Gasteiger partial charge in [-0.15, -0.1) is 13.2 Å². The van der Waals surface area contributed by atoms with Gasteiger partial charge in [0.2, 0.25) is 0 Å². The van der Waals surface area contributed by atoms with Crippen molar-refractivity contribution in [3.05, 3.63) is 61.2 Å². The number of benzene rings is 1. The minimum absolute atomic E-state index is 0.116. The van der Waals surface area contributed by atoms with Crippen LogP contribution in [0.1, 0.15) is 45.6 Å². The molecule has 3 nitrogen and oxygen atoms in total. The van der Waals surface area contributed by atoms with Crippen LogP contribution in [0.2, 0.25) is 18.1 Å². The first-order valence-corrected chi connectivity index (χ1v) is 12.8. The molecular weight excluding hydrogens is 352 g/mol. The highest BCUT2D eigenvalue weighted by Crippen LogP contribution is 2.38. The van der Waals surface area contributed by atoms with Gasteiger partial charge in [0.25, 0.3) is 0 Å². The molecular formula is C23H38O3Si. The van der Waals surface area contributed by atoms with Gasteiger partial charge in [-0.3, -0.25) is 0 Å². The number of aliphatic hydroxyl groups excluding tert-OH is 1. The van der Waals surface area contributed by atoms with E-state index in [0.29, 0.717) is 13.0 Å². The summed E-state index contributed by atoms with van der Waals surface area (Å²) in [5.74, 6) is 0. The minimum Gasteiger partial charge on any atom is -0.410 e. The van der Waals surface area contributed by atoms with Crippen LogP contribution in [-0.2, 0) is 15.8 Å². The number of allylic oxidation sites excluding steroid dienone is 1. The van der Waals surface area contributed by atoms with Crippen molar-refractivity contribution in [3.63, 3.8) is 0 Å². The molecule has 1 aromatic rings. The highest BCUT2D eigenvalue weighted by molar-refractivity contribution is 6.74. The monoisotopic (exact) mass is 390 g/mol. The highest BCUT2D eigenvalue weighted by atomic mass is 28.4. The van der Waals surface area contributed by atoms with Crippen LogP contribution in [0.5, 0.6) is 0 Å². The molecule has 0 aliphatic heterocycles. The molecule has 0 saturated carbocycles. The molecule has 0 bridgehead atoms. The van der Waals surface area contributed by atoms with Gasteiger partial charge in [-0.05, 0) is 36.5 Å². The van der Waals surface area contributed by atoms with Gasteiger partial charge < -0.3 is 14.3 Å². The zero-order chi connectivity index (χ0) is 20.5. The first kappa shape index (κ1) is 23.8. The Labute approximate surface area is 167 Å². The Bertz CT molecular complexity index is 563. The van der Waals surface area contributed by atoms with Crippen molar-refractivity contribution in [2.45, 2.75) is 83.1 Å². The van der Waals surface area contributed by atoms with E-state index < -0.39 is 14.4 Å². The predicted octanol–water partition coefficient (Wildman–Crippen LogP) is 5.87. The molecule has 1 N–H and O–H groups in total. The van der Waals surface area contributed by atoms with Crippen molar-refractivity contribution < 1.29 is 14.3 Å². The fourth-order valence-electron chi connectivity index (χ4n) is 2.58. The van der Waals surface area contributed by atoms with Crippen LogP contribution in [0.3, 0.4) is 0 Å². The van der Waals surface area contributed by atoms with E-state index in [-0.39, 0.29) is 17.2 Å². The molecule has 0 radical (unpaired) electrons. The second-order valence-corrected chi connectivity index (χ2v) is 13.4. The highest BCUT2D eigenvalue weighted by Gasteiger charge is 2.39. The minimum atomic E-state index is -1.93. The Hall–Kier alpha value is -1.20. The van der Waals surface area contributed by atoms with E-state index in [1.165, 1.54) is 0 Å². The third-order valence-electron chi connectivity index (χ3n) is 5.38. The lowest BCUT2D eigenvalue weighted by atomic mass is 10.0. The quantitative estimate of drug-likeness (QED) is 0.358. The van der Waals surface area contributed by atoms with E-state index in [4.69, 9.17) is 9.16 Å². The molecule has 0 aromatic heterocycles. The molecule has 1 rings (SSSR count). The molecule has 0 fully saturated rings. The summed E-state index contributed by atoms with van der Waals surface area (Å²) in [5, 5.41) is 11.0. The molecule has 27 heavy (non-hydrogen) atoms. The van der Waals surface area contributed by atoms with Crippen molar-refractivity contribution in [3.8, 4) is 0 Å². The smallest absolute Gasteiger partial charge is 0.192 e. The third kappa shape index (κ3) is 8.14. The summed E-state index contributed by atoms with van der Waals surface area (Å²) >= 11 is 0. The van der Waals surface area contributed by atoms with Crippen molar-refractivity contribution >= 4 is 8.32 Å².